The van der Waals surface area contributed by atoms with E-state index in [0.717, 1.165) is 17.3 Å². The molecular formula is C14H17BrFNO2. The van der Waals surface area contributed by atoms with Gasteiger partial charge in [0, 0.05) is 23.2 Å². The van der Waals surface area contributed by atoms with Gasteiger partial charge in [-0.3, -0.25) is 4.79 Å². The second-order valence-corrected chi connectivity index (χ2v) is 5.58. The molecule has 3 nitrogen and oxygen atoms in total. The van der Waals surface area contributed by atoms with Crippen molar-refractivity contribution in [2.24, 2.45) is 5.92 Å². The molecule has 5 heteroatoms. The highest BCUT2D eigenvalue weighted by Gasteiger charge is 2.32. The predicted molar refractivity (Wildman–Crippen MR) is 74.1 cm³/mol. The van der Waals surface area contributed by atoms with Gasteiger partial charge < -0.3 is 10.1 Å². The Balaban J connectivity index is 1.95. The molecule has 1 N–H and O–H groups in total. The number of carbonyl (C=O) groups is 1. The average molecular weight is 330 g/mol. The van der Waals surface area contributed by atoms with Crippen molar-refractivity contribution >= 4 is 21.8 Å². The molecule has 19 heavy (non-hydrogen) atoms. The molecular weight excluding hydrogens is 313 g/mol. The first kappa shape index (κ1) is 14.5. The van der Waals surface area contributed by atoms with Gasteiger partial charge in [-0.05, 0) is 31.0 Å². The quantitative estimate of drug-likeness (QED) is 0.922. The maximum Gasteiger partial charge on any atom is 0.226 e. The SMILES string of the molecule is CCC1OCCC1C(=O)NCc1cc(Br)ccc1F. The van der Waals surface area contributed by atoms with Crippen LogP contribution >= 0.6 is 15.9 Å². The van der Waals surface area contributed by atoms with E-state index in [1.807, 2.05) is 6.92 Å². The summed E-state index contributed by atoms with van der Waals surface area (Å²) in [5, 5.41) is 2.79. The molecule has 1 aromatic rings. The van der Waals surface area contributed by atoms with E-state index in [-0.39, 0.29) is 30.3 Å². The van der Waals surface area contributed by atoms with Crippen molar-refractivity contribution < 1.29 is 13.9 Å². The molecule has 0 radical (unpaired) electrons. The van der Waals surface area contributed by atoms with E-state index < -0.39 is 0 Å². The second kappa shape index (κ2) is 6.48. The first-order chi connectivity index (χ1) is 9.11. The summed E-state index contributed by atoms with van der Waals surface area (Å²) in [5.74, 6) is -0.470. The normalized spacial score (nSPS) is 22.5. The highest BCUT2D eigenvalue weighted by atomic mass is 79.9. The van der Waals surface area contributed by atoms with Crippen LogP contribution in [0, 0.1) is 11.7 Å². The van der Waals surface area contributed by atoms with Crippen molar-refractivity contribution in [2.45, 2.75) is 32.4 Å². The Labute approximate surface area is 120 Å². The molecule has 0 bridgehead atoms. The van der Waals surface area contributed by atoms with Crippen LogP contribution in [0.15, 0.2) is 22.7 Å². The summed E-state index contributed by atoms with van der Waals surface area (Å²) in [6.07, 6.45) is 1.56. The molecule has 2 unspecified atom stereocenters. The number of hydrogen-bond acceptors (Lipinski definition) is 2. The molecule has 0 aliphatic carbocycles. The molecule has 2 rings (SSSR count). The fourth-order valence-electron chi connectivity index (χ4n) is 2.34. The van der Waals surface area contributed by atoms with Crippen LogP contribution in [-0.2, 0) is 16.1 Å². The van der Waals surface area contributed by atoms with Gasteiger partial charge in [0.15, 0.2) is 0 Å². The third kappa shape index (κ3) is 3.54. The number of hydrogen-bond donors (Lipinski definition) is 1. The lowest BCUT2D eigenvalue weighted by Crippen LogP contribution is -2.34. The minimum absolute atomic E-state index is 0.00708. The van der Waals surface area contributed by atoms with Gasteiger partial charge in [-0.2, -0.15) is 0 Å². The fraction of sp³-hybridized carbons (Fsp3) is 0.500. The summed E-state index contributed by atoms with van der Waals surface area (Å²) in [7, 11) is 0. The minimum Gasteiger partial charge on any atom is -0.377 e. The first-order valence-electron chi connectivity index (χ1n) is 6.45. The highest BCUT2D eigenvalue weighted by Crippen LogP contribution is 2.23. The standard InChI is InChI=1S/C14H17BrFNO2/c1-2-13-11(5-6-19-13)14(18)17-8-9-7-10(15)3-4-12(9)16/h3-4,7,11,13H,2,5-6,8H2,1H3,(H,17,18). The Morgan fingerprint density at radius 1 is 1.58 bits per heavy atom. The molecule has 1 heterocycles. The number of amides is 1. The molecule has 1 aliphatic heterocycles. The zero-order valence-electron chi connectivity index (χ0n) is 10.8. The summed E-state index contributed by atoms with van der Waals surface area (Å²) >= 11 is 3.29. The number of rotatable bonds is 4. The van der Waals surface area contributed by atoms with Crippen LogP contribution in [0.4, 0.5) is 4.39 Å². The van der Waals surface area contributed by atoms with Crippen molar-refractivity contribution in [1.82, 2.24) is 5.32 Å². The number of nitrogens with one attached hydrogen (secondary N) is 1. The molecule has 1 aromatic carbocycles. The van der Waals surface area contributed by atoms with E-state index >= 15 is 0 Å². The molecule has 0 spiro atoms. The van der Waals surface area contributed by atoms with E-state index in [4.69, 9.17) is 4.74 Å². The van der Waals surface area contributed by atoms with E-state index in [1.54, 1.807) is 12.1 Å². The fourth-order valence-corrected chi connectivity index (χ4v) is 2.75. The van der Waals surface area contributed by atoms with Gasteiger partial charge in [0.1, 0.15) is 5.82 Å². The summed E-state index contributed by atoms with van der Waals surface area (Å²) in [6, 6.07) is 4.70. The molecule has 2 atom stereocenters. The van der Waals surface area contributed by atoms with Crippen molar-refractivity contribution in [3.63, 3.8) is 0 Å². The highest BCUT2D eigenvalue weighted by molar-refractivity contribution is 9.10. The van der Waals surface area contributed by atoms with Crippen LogP contribution in [0.5, 0.6) is 0 Å². The van der Waals surface area contributed by atoms with Gasteiger partial charge in [-0.25, -0.2) is 4.39 Å². The van der Waals surface area contributed by atoms with Crippen molar-refractivity contribution in [3.05, 3.63) is 34.1 Å². The Kier molecular flexibility index (Phi) is 4.93. The van der Waals surface area contributed by atoms with Gasteiger partial charge in [-0.1, -0.05) is 22.9 Å². The molecule has 104 valence electrons. The van der Waals surface area contributed by atoms with E-state index in [9.17, 15) is 9.18 Å². The topological polar surface area (TPSA) is 38.3 Å². The molecule has 1 amide bonds. The van der Waals surface area contributed by atoms with Gasteiger partial charge in [-0.15, -0.1) is 0 Å². The lowest BCUT2D eigenvalue weighted by Gasteiger charge is -2.16. The van der Waals surface area contributed by atoms with Crippen LogP contribution in [0.3, 0.4) is 0 Å². The van der Waals surface area contributed by atoms with Gasteiger partial charge in [0.2, 0.25) is 5.91 Å². The Morgan fingerprint density at radius 2 is 2.37 bits per heavy atom. The lowest BCUT2D eigenvalue weighted by atomic mass is 9.98. The zero-order valence-corrected chi connectivity index (χ0v) is 12.4. The maximum absolute atomic E-state index is 13.5. The smallest absolute Gasteiger partial charge is 0.226 e. The van der Waals surface area contributed by atoms with Crippen LogP contribution in [-0.4, -0.2) is 18.6 Å². The van der Waals surface area contributed by atoms with Gasteiger partial charge in [0.05, 0.1) is 12.0 Å². The summed E-state index contributed by atoms with van der Waals surface area (Å²) in [5.41, 5.74) is 0.481. The summed E-state index contributed by atoms with van der Waals surface area (Å²) in [4.78, 5) is 12.1. The van der Waals surface area contributed by atoms with Crippen molar-refractivity contribution in [1.29, 1.82) is 0 Å². The van der Waals surface area contributed by atoms with Gasteiger partial charge in [0.25, 0.3) is 0 Å². The third-order valence-corrected chi connectivity index (χ3v) is 3.90. The molecule has 1 aliphatic rings. The van der Waals surface area contributed by atoms with Crippen molar-refractivity contribution in [3.8, 4) is 0 Å². The predicted octanol–water partition coefficient (Wildman–Crippen LogP) is 3.02. The van der Waals surface area contributed by atoms with E-state index in [0.29, 0.717) is 12.2 Å². The van der Waals surface area contributed by atoms with Crippen molar-refractivity contribution in [2.75, 3.05) is 6.61 Å². The Morgan fingerprint density at radius 3 is 3.11 bits per heavy atom. The Hall–Kier alpha value is -0.940. The van der Waals surface area contributed by atoms with Crippen LogP contribution in [0.1, 0.15) is 25.3 Å². The third-order valence-electron chi connectivity index (χ3n) is 3.41. The lowest BCUT2D eigenvalue weighted by molar-refractivity contribution is -0.126. The number of carbonyl (C=O) groups excluding carboxylic acids is 1. The molecule has 0 saturated carbocycles. The van der Waals surface area contributed by atoms with Crippen LogP contribution in [0.25, 0.3) is 0 Å². The van der Waals surface area contributed by atoms with Crippen LogP contribution in [0.2, 0.25) is 0 Å². The molecule has 0 aromatic heterocycles. The van der Waals surface area contributed by atoms with E-state index in [2.05, 4.69) is 21.2 Å². The number of benzene rings is 1. The molecule has 1 saturated heterocycles. The summed E-state index contributed by atoms with van der Waals surface area (Å²) in [6.45, 7) is 2.84. The number of halogens is 2. The minimum atomic E-state index is -0.307. The zero-order chi connectivity index (χ0) is 13.8. The second-order valence-electron chi connectivity index (χ2n) is 4.67. The average Bonchev–Trinajstić information content (AvgIpc) is 2.88. The maximum atomic E-state index is 13.5. The largest absolute Gasteiger partial charge is 0.377 e. The monoisotopic (exact) mass is 329 g/mol. The first-order valence-corrected chi connectivity index (χ1v) is 7.24. The Bertz CT molecular complexity index is 467. The van der Waals surface area contributed by atoms with Gasteiger partial charge >= 0.3 is 0 Å². The number of ether oxygens (including phenoxy) is 1. The summed E-state index contributed by atoms with van der Waals surface area (Å²) < 4.78 is 19.8. The van der Waals surface area contributed by atoms with E-state index in [1.165, 1.54) is 6.07 Å². The van der Waals surface area contributed by atoms with Crippen LogP contribution < -0.4 is 5.32 Å². The molecule has 1 fully saturated rings.